The van der Waals surface area contributed by atoms with E-state index in [4.69, 9.17) is 0 Å². The third-order valence-corrected chi connectivity index (χ3v) is 8.76. The van der Waals surface area contributed by atoms with Crippen LogP contribution < -0.4 is 0 Å². The van der Waals surface area contributed by atoms with Crippen LogP contribution in [0.5, 0.6) is 0 Å². The van der Waals surface area contributed by atoms with Crippen molar-refractivity contribution in [3.8, 4) is 0 Å². The molecule has 0 aliphatic heterocycles. The summed E-state index contributed by atoms with van der Waals surface area (Å²) < 4.78 is 0. The number of hydrogen-bond donors (Lipinski definition) is 1. The summed E-state index contributed by atoms with van der Waals surface area (Å²) in [6, 6.07) is 0. The molecule has 22 heavy (non-hydrogen) atoms. The van der Waals surface area contributed by atoms with Crippen molar-refractivity contribution in [1.82, 2.24) is 0 Å². The molecule has 0 radical (unpaired) electrons. The Balaban J connectivity index is 1.53. The Labute approximate surface area is 137 Å². The van der Waals surface area contributed by atoms with Crippen molar-refractivity contribution < 1.29 is 5.11 Å². The fourth-order valence-corrected chi connectivity index (χ4v) is 7.74. The number of fused-ring (bicyclic) bond motifs is 5. The van der Waals surface area contributed by atoms with Gasteiger partial charge in [0.25, 0.3) is 0 Å². The van der Waals surface area contributed by atoms with E-state index in [-0.39, 0.29) is 6.10 Å². The van der Waals surface area contributed by atoms with Crippen molar-refractivity contribution in [3.05, 3.63) is 0 Å². The first-order valence-corrected chi connectivity index (χ1v) is 10.3. The predicted octanol–water partition coefficient (Wildman–Crippen LogP) is 5.42. The average molecular weight is 305 g/mol. The van der Waals surface area contributed by atoms with E-state index in [1.165, 1.54) is 51.4 Å². The lowest BCUT2D eigenvalue weighted by Crippen LogP contribution is -2.51. The monoisotopic (exact) mass is 304 g/mol. The van der Waals surface area contributed by atoms with Gasteiger partial charge in [-0.2, -0.15) is 0 Å². The predicted molar refractivity (Wildman–Crippen MR) is 91.5 cm³/mol. The third kappa shape index (κ3) is 2.29. The molecule has 4 fully saturated rings. The molecule has 4 aliphatic rings. The molecule has 1 heteroatoms. The second-order valence-corrected chi connectivity index (χ2v) is 9.51. The first-order chi connectivity index (χ1) is 10.6. The quantitative estimate of drug-likeness (QED) is 0.722. The maximum absolute atomic E-state index is 10.1. The minimum absolute atomic E-state index is 0.00591. The Bertz CT molecular complexity index is 405. The summed E-state index contributed by atoms with van der Waals surface area (Å²) >= 11 is 0. The van der Waals surface area contributed by atoms with Crippen molar-refractivity contribution in [1.29, 1.82) is 0 Å². The largest absolute Gasteiger partial charge is 0.393 e. The lowest BCUT2D eigenvalue weighted by molar-refractivity contribution is -0.108. The summed E-state index contributed by atoms with van der Waals surface area (Å²) in [5.41, 5.74) is 0.565. The third-order valence-electron chi connectivity index (χ3n) is 8.76. The molecule has 0 aromatic heterocycles. The van der Waals surface area contributed by atoms with Crippen molar-refractivity contribution >= 4 is 0 Å². The molecule has 0 aromatic rings. The Morgan fingerprint density at radius 1 is 0.909 bits per heavy atom. The minimum Gasteiger partial charge on any atom is -0.393 e. The number of hydrogen-bond acceptors (Lipinski definition) is 1. The molecule has 1 nitrogen and oxygen atoms in total. The molecule has 0 bridgehead atoms. The summed E-state index contributed by atoms with van der Waals surface area (Å²) in [5, 5.41) is 10.1. The molecule has 8 atom stereocenters. The highest BCUT2D eigenvalue weighted by atomic mass is 16.3. The van der Waals surface area contributed by atoms with Crippen molar-refractivity contribution in [2.45, 2.75) is 90.6 Å². The van der Waals surface area contributed by atoms with Gasteiger partial charge in [0.05, 0.1) is 6.10 Å². The van der Waals surface area contributed by atoms with Gasteiger partial charge in [-0.25, -0.2) is 0 Å². The zero-order chi connectivity index (χ0) is 15.3. The molecule has 0 saturated heterocycles. The summed E-state index contributed by atoms with van der Waals surface area (Å²) in [7, 11) is 0. The zero-order valence-corrected chi connectivity index (χ0v) is 14.8. The van der Waals surface area contributed by atoms with Crippen LogP contribution in [0.1, 0.15) is 84.5 Å². The Morgan fingerprint density at radius 3 is 2.50 bits per heavy atom. The molecule has 126 valence electrons. The first kappa shape index (κ1) is 15.5. The average Bonchev–Trinajstić information content (AvgIpc) is 2.92. The van der Waals surface area contributed by atoms with E-state index in [2.05, 4.69) is 13.8 Å². The van der Waals surface area contributed by atoms with Crippen LogP contribution >= 0.6 is 0 Å². The normalized spacial score (nSPS) is 54.4. The molecule has 0 amide bonds. The maximum Gasteiger partial charge on any atom is 0.0543 e. The summed E-state index contributed by atoms with van der Waals surface area (Å²) in [6.45, 7) is 4.98. The lowest BCUT2D eigenvalue weighted by Gasteiger charge is -2.59. The smallest absolute Gasteiger partial charge is 0.0543 e. The minimum atomic E-state index is 0.00591. The SMILES string of the molecule is CCCC1CCC2C1CCC1C2CCC2CC(O)CCC21C. The van der Waals surface area contributed by atoms with Crippen LogP contribution in [-0.4, -0.2) is 11.2 Å². The highest BCUT2D eigenvalue weighted by molar-refractivity contribution is 5.05. The first-order valence-electron chi connectivity index (χ1n) is 10.3. The fourth-order valence-electron chi connectivity index (χ4n) is 7.74. The van der Waals surface area contributed by atoms with Gasteiger partial charge in [0.15, 0.2) is 0 Å². The van der Waals surface area contributed by atoms with Gasteiger partial charge in [-0.3, -0.25) is 0 Å². The number of rotatable bonds is 2. The fraction of sp³-hybridized carbons (Fsp3) is 1.00. The van der Waals surface area contributed by atoms with E-state index in [9.17, 15) is 5.11 Å². The van der Waals surface area contributed by atoms with Crippen LogP contribution in [0, 0.1) is 40.9 Å². The van der Waals surface area contributed by atoms with Gasteiger partial charge in [-0.15, -0.1) is 0 Å². The van der Waals surface area contributed by atoms with Crippen LogP contribution in [0.3, 0.4) is 0 Å². The van der Waals surface area contributed by atoms with Gasteiger partial charge >= 0.3 is 0 Å². The van der Waals surface area contributed by atoms with Crippen LogP contribution in [0.4, 0.5) is 0 Å². The van der Waals surface area contributed by atoms with E-state index < -0.39 is 0 Å². The van der Waals surface area contributed by atoms with E-state index in [1.807, 2.05) is 0 Å². The van der Waals surface area contributed by atoms with Crippen LogP contribution in [-0.2, 0) is 0 Å². The number of aliphatic hydroxyl groups excluding tert-OH is 1. The van der Waals surface area contributed by atoms with Crippen LogP contribution in [0.2, 0.25) is 0 Å². The molecule has 0 heterocycles. The topological polar surface area (TPSA) is 20.2 Å². The molecule has 1 N–H and O–H groups in total. The number of aliphatic hydroxyl groups is 1. The van der Waals surface area contributed by atoms with E-state index >= 15 is 0 Å². The van der Waals surface area contributed by atoms with Crippen LogP contribution in [0.25, 0.3) is 0 Å². The molecular weight excluding hydrogens is 268 g/mol. The second kappa shape index (κ2) is 5.80. The highest BCUT2D eigenvalue weighted by Gasteiger charge is 2.56. The second-order valence-electron chi connectivity index (χ2n) is 9.51. The van der Waals surface area contributed by atoms with Crippen LogP contribution in [0.15, 0.2) is 0 Å². The Morgan fingerprint density at radius 2 is 1.68 bits per heavy atom. The molecule has 4 aliphatic carbocycles. The standard InChI is InChI=1S/C21H36O/c1-3-4-14-5-7-18-17(14)9-10-20-19(18)8-6-15-13-16(22)11-12-21(15,20)2/h14-20,22H,3-13H2,1-2H3. The van der Waals surface area contributed by atoms with E-state index in [0.29, 0.717) is 5.41 Å². The molecule has 0 aromatic carbocycles. The lowest BCUT2D eigenvalue weighted by atomic mass is 9.47. The zero-order valence-electron chi connectivity index (χ0n) is 14.8. The molecular formula is C21H36O. The van der Waals surface area contributed by atoms with Gasteiger partial charge in [0.2, 0.25) is 0 Å². The van der Waals surface area contributed by atoms with Gasteiger partial charge in [-0.1, -0.05) is 26.7 Å². The van der Waals surface area contributed by atoms with Crippen molar-refractivity contribution in [3.63, 3.8) is 0 Å². The van der Waals surface area contributed by atoms with Gasteiger partial charge in [0, 0.05) is 0 Å². The van der Waals surface area contributed by atoms with Gasteiger partial charge in [0.1, 0.15) is 0 Å². The van der Waals surface area contributed by atoms with Gasteiger partial charge in [-0.05, 0) is 98.7 Å². The molecule has 4 rings (SSSR count). The molecule has 0 spiro atoms. The van der Waals surface area contributed by atoms with Gasteiger partial charge < -0.3 is 5.11 Å². The van der Waals surface area contributed by atoms with Crippen molar-refractivity contribution in [2.24, 2.45) is 40.9 Å². The highest BCUT2D eigenvalue weighted by Crippen LogP contribution is 2.64. The van der Waals surface area contributed by atoms with E-state index in [1.54, 1.807) is 6.42 Å². The Kier molecular flexibility index (Phi) is 4.08. The molecule has 8 unspecified atom stereocenters. The maximum atomic E-state index is 10.1. The summed E-state index contributed by atoms with van der Waals surface area (Å²) in [5.74, 6) is 6.06. The summed E-state index contributed by atoms with van der Waals surface area (Å²) in [4.78, 5) is 0. The van der Waals surface area contributed by atoms with Crippen molar-refractivity contribution in [2.75, 3.05) is 0 Å². The summed E-state index contributed by atoms with van der Waals surface area (Å²) in [6.07, 6.45) is 15.4. The molecule has 4 saturated carbocycles. The van der Waals surface area contributed by atoms with E-state index in [0.717, 1.165) is 48.3 Å². The Hall–Kier alpha value is -0.0400.